The van der Waals surface area contributed by atoms with Crippen molar-refractivity contribution in [1.82, 2.24) is 0 Å². The lowest BCUT2D eigenvalue weighted by atomic mass is 9.90. The number of fused-ring (bicyclic) bond motifs is 1. The topological polar surface area (TPSA) is 38.3 Å². The summed E-state index contributed by atoms with van der Waals surface area (Å²) in [6.07, 6.45) is -1.52. The van der Waals surface area contributed by atoms with Crippen molar-refractivity contribution in [2.45, 2.75) is 44.1 Å². The van der Waals surface area contributed by atoms with Crippen molar-refractivity contribution in [3.05, 3.63) is 40.9 Å². The van der Waals surface area contributed by atoms with Crippen LogP contribution in [0, 0.1) is 5.92 Å². The van der Waals surface area contributed by atoms with E-state index >= 15 is 0 Å². The highest BCUT2D eigenvalue weighted by atomic mass is 35.5. The van der Waals surface area contributed by atoms with Crippen molar-refractivity contribution in [3.8, 4) is 0 Å². The van der Waals surface area contributed by atoms with Gasteiger partial charge in [0.05, 0.1) is 0 Å². The molecule has 0 saturated heterocycles. The maximum atomic E-state index is 14.1. The van der Waals surface area contributed by atoms with Gasteiger partial charge in [-0.05, 0) is 49.5 Å². The largest absolute Gasteiger partial charge is 0.425 e. The molecule has 3 nitrogen and oxygen atoms in total. The number of rotatable bonds is 3. The minimum absolute atomic E-state index is 0.0677. The van der Waals surface area contributed by atoms with E-state index < -0.39 is 23.8 Å². The number of hydrogen-bond acceptors (Lipinski definition) is 2. The Morgan fingerprint density at radius 2 is 2.12 bits per heavy atom. The molecule has 1 aromatic carbocycles. The lowest BCUT2D eigenvalue weighted by Gasteiger charge is -2.35. The molecule has 1 aliphatic heterocycles. The summed E-state index contributed by atoms with van der Waals surface area (Å²) in [4.78, 5) is 12.2. The molecule has 7 heteroatoms. The van der Waals surface area contributed by atoms with Crippen molar-refractivity contribution in [1.29, 1.82) is 0 Å². The number of anilines is 1. The van der Waals surface area contributed by atoms with Crippen LogP contribution >= 0.6 is 11.6 Å². The predicted molar refractivity (Wildman–Crippen MR) is 84.8 cm³/mol. The van der Waals surface area contributed by atoms with E-state index in [9.17, 15) is 18.0 Å². The minimum Gasteiger partial charge on any atom is -0.344 e. The minimum atomic E-state index is -4.74. The molecular weight excluding hydrogens is 343 g/mol. The summed E-state index contributed by atoms with van der Waals surface area (Å²) >= 11 is 5.93. The molecule has 2 aliphatic rings. The first-order valence-electron chi connectivity index (χ1n) is 7.81. The van der Waals surface area contributed by atoms with Crippen molar-refractivity contribution < 1.29 is 22.7 Å². The van der Waals surface area contributed by atoms with Gasteiger partial charge in [-0.25, -0.2) is 0 Å². The highest BCUT2D eigenvalue weighted by Crippen LogP contribution is 2.50. The number of benzene rings is 1. The van der Waals surface area contributed by atoms with E-state index in [0.29, 0.717) is 0 Å². The molecule has 1 fully saturated rings. The molecule has 1 saturated carbocycles. The Morgan fingerprint density at radius 3 is 2.71 bits per heavy atom. The normalized spacial score (nSPS) is 27.7. The van der Waals surface area contributed by atoms with Crippen molar-refractivity contribution >= 4 is 23.2 Å². The third-order valence-electron chi connectivity index (χ3n) is 4.28. The SMILES string of the molecule is CC[C@@H]1O[C@](/C=C/C2CC2)(C(F)(F)F)c2cc(Cl)ccc2NC1=O. The van der Waals surface area contributed by atoms with E-state index in [1.807, 2.05) is 0 Å². The predicted octanol–water partition coefficient (Wildman–Crippen LogP) is 4.81. The zero-order valence-electron chi connectivity index (χ0n) is 13.0. The van der Waals surface area contributed by atoms with E-state index in [1.54, 1.807) is 6.92 Å². The molecule has 24 heavy (non-hydrogen) atoms. The zero-order valence-corrected chi connectivity index (χ0v) is 13.7. The number of hydrogen-bond donors (Lipinski definition) is 1. The van der Waals surface area contributed by atoms with E-state index in [2.05, 4.69) is 5.32 Å². The van der Waals surface area contributed by atoms with Gasteiger partial charge in [-0.2, -0.15) is 13.2 Å². The monoisotopic (exact) mass is 359 g/mol. The first kappa shape index (κ1) is 17.3. The van der Waals surface area contributed by atoms with Crippen LogP contribution in [0.2, 0.25) is 5.02 Å². The van der Waals surface area contributed by atoms with Crippen LogP contribution in [-0.4, -0.2) is 18.2 Å². The Morgan fingerprint density at radius 1 is 1.42 bits per heavy atom. The first-order valence-corrected chi connectivity index (χ1v) is 8.19. The summed E-state index contributed by atoms with van der Waals surface area (Å²) in [7, 11) is 0. The van der Waals surface area contributed by atoms with Gasteiger partial charge in [0.15, 0.2) is 0 Å². The van der Waals surface area contributed by atoms with Gasteiger partial charge in [0.2, 0.25) is 5.60 Å². The van der Waals surface area contributed by atoms with Crippen molar-refractivity contribution in [2.24, 2.45) is 5.92 Å². The number of ether oxygens (including phenoxy) is 1. The Labute approximate surface area is 142 Å². The van der Waals surface area contributed by atoms with E-state index in [1.165, 1.54) is 24.3 Å². The van der Waals surface area contributed by atoms with Crippen LogP contribution in [0.3, 0.4) is 0 Å². The van der Waals surface area contributed by atoms with Gasteiger partial charge in [-0.1, -0.05) is 24.6 Å². The lowest BCUT2D eigenvalue weighted by molar-refractivity contribution is -0.272. The van der Waals surface area contributed by atoms with Crippen LogP contribution in [0.15, 0.2) is 30.4 Å². The van der Waals surface area contributed by atoms with Crippen LogP contribution in [0.25, 0.3) is 0 Å². The van der Waals surface area contributed by atoms with Crippen LogP contribution in [0.4, 0.5) is 18.9 Å². The molecule has 0 unspecified atom stereocenters. The number of amides is 1. The summed E-state index contributed by atoms with van der Waals surface area (Å²) < 4.78 is 47.8. The van der Waals surface area contributed by atoms with Gasteiger partial charge in [-0.3, -0.25) is 4.79 Å². The summed E-state index contributed by atoms with van der Waals surface area (Å²) in [5.41, 5.74) is -2.82. The second-order valence-corrected chi connectivity index (χ2v) is 6.56. The first-order chi connectivity index (χ1) is 11.3. The fraction of sp³-hybridized carbons (Fsp3) is 0.471. The Balaban J connectivity index is 2.22. The second kappa shape index (κ2) is 6.08. The van der Waals surface area contributed by atoms with Gasteiger partial charge in [0.25, 0.3) is 5.91 Å². The van der Waals surface area contributed by atoms with Crippen LogP contribution in [-0.2, 0) is 15.1 Å². The van der Waals surface area contributed by atoms with Crippen LogP contribution in [0.1, 0.15) is 31.7 Å². The molecule has 0 radical (unpaired) electrons. The Kier molecular flexibility index (Phi) is 4.38. The van der Waals surface area contributed by atoms with Crippen molar-refractivity contribution in [2.75, 3.05) is 5.32 Å². The molecule has 0 aromatic heterocycles. The number of nitrogens with one attached hydrogen (secondary N) is 1. The average molecular weight is 360 g/mol. The number of halogens is 4. The van der Waals surface area contributed by atoms with E-state index in [0.717, 1.165) is 18.9 Å². The Bertz CT molecular complexity index is 685. The summed E-state index contributed by atoms with van der Waals surface area (Å²) in [6.45, 7) is 1.61. The number of allylic oxidation sites excluding steroid dienone is 1. The molecule has 1 N–H and O–H groups in total. The van der Waals surface area contributed by atoms with Gasteiger partial charge >= 0.3 is 6.18 Å². The van der Waals surface area contributed by atoms with Gasteiger partial charge in [-0.15, -0.1) is 0 Å². The van der Waals surface area contributed by atoms with Crippen molar-refractivity contribution in [3.63, 3.8) is 0 Å². The standard InChI is InChI=1S/C17H17ClF3NO2/c1-2-14-15(23)22-13-6-5-11(18)9-12(13)16(24-14,17(19,20)21)8-7-10-3-4-10/h5-10,14H,2-4H2,1H3,(H,22,23)/b8-7+/t14-,16-/m0/s1. The molecule has 1 aliphatic carbocycles. The fourth-order valence-electron chi connectivity index (χ4n) is 2.76. The Hall–Kier alpha value is -1.53. The molecule has 0 spiro atoms. The van der Waals surface area contributed by atoms with Gasteiger partial charge < -0.3 is 10.1 Å². The van der Waals surface area contributed by atoms with Gasteiger partial charge in [0, 0.05) is 16.3 Å². The molecule has 3 rings (SSSR count). The van der Waals surface area contributed by atoms with E-state index in [4.69, 9.17) is 16.3 Å². The lowest BCUT2D eigenvalue weighted by Crippen LogP contribution is -2.46. The maximum absolute atomic E-state index is 14.1. The molecule has 1 aromatic rings. The summed E-state index contributed by atoms with van der Waals surface area (Å²) in [5.74, 6) is -0.463. The number of alkyl halides is 3. The maximum Gasteiger partial charge on any atom is 0.425 e. The molecule has 130 valence electrons. The highest BCUT2D eigenvalue weighted by molar-refractivity contribution is 6.30. The average Bonchev–Trinajstić information content (AvgIpc) is 3.32. The summed E-state index contributed by atoms with van der Waals surface area (Å²) in [6, 6.07) is 4.03. The van der Waals surface area contributed by atoms with Gasteiger partial charge in [0.1, 0.15) is 6.10 Å². The highest BCUT2D eigenvalue weighted by Gasteiger charge is 2.59. The third-order valence-corrected chi connectivity index (χ3v) is 4.51. The molecular formula is C17H17ClF3NO2. The quantitative estimate of drug-likeness (QED) is 0.786. The molecule has 1 heterocycles. The smallest absolute Gasteiger partial charge is 0.344 e. The molecule has 2 atom stereocenters. The molecule has 0 bridgehead atoms. The molecule has 1 amide bonds. The third kappa shape index (κ3) is 3.05. The van der Waals surface area contributed by atoms with Crippen LogP contribution < -0.4 is 5.32 Å². The summed E-state index contributed by atoms with van der Waals surface area (Å²) in [5, 5.41) is 2.67. The number of carbonyl (C=O) groups excluding carboxylic acids is 1. The second-order valence-electron chi connectivity index (χ2n) is 6.12. The zero-order chi connectivity index (χ0) is 17.5. The van der Waals surface area contributed by atoms with Crippen LogP contribution in [0.5, 0.6) is 0 Å². The fourth-order valence-corrected chi connectivity index (χ4v) is 2.93. The number of carbonyl (C=O) groups is 1. The van der Waals surface area contributed by atoms with E-state index in [-0.39, 0.29) is 28.6 Å².